The Hall–Kier alpha value is -1.40. The highest BCUT2D eigenvalue weighted by atomic mass is 16.1. The molecule has 6 nitrogen and oxygen atoms in total. The molecule has 1 atom stereocenters. The molecule has 1 saturated heterocycles. The van der Waals surface area contributed by atoms with Crippen LogP contribution in [0.4, 0.5) is 0 Å². The van der Waals surface area contributed by atoms with Gasteiger partial charge < -0.3 is 15.5 Å². The van der Waals surface area contributed by atoms with Crippen LogP contribution in [0.3, 0.4) is 0 Å². The van der Waals surface area contributed by atoms with E-state index in [0.717, 1.165) is 56.9 Å². The van der Waals surface area contributed by atoms with Crippen molar-refractivity contribution in [3.8, 4) is 0 Å². The van der Waals surface area contributed by atoms with Crippen LogP contribution in [-0.2, 0) is 13.0 Å². The van der Waals surface area contributed by atoms with Crippen LogP contribution in [0.5, 0.6) is 0 Å². The Balaban J connectivity index is 1.56. The monoisotopic (exact) mass is 277 g/mol. The van der Waals surface area contributed by atoms with Crippen LogP contribution in [0.1, 0.15) is 35.1 Å². The van der Waals surface area contributed by atoms with Gasteiger partial charge in [-0.3, -0.25) is 9.89 Å². The smallest absolute Gasteiger partial charge is 0.272 e. The molecule has 1 amide bonds. The van der Waals surface area contributed by atoms with Gasteiger partial charge in [0.15, 0.2) is 5.69 Å². The zero-order valence-corrected chi connectivity index (χ0v) is 12.0. The van der Waals surface area contributed by atoms with E-state index in [1.807, 2.05) is 0 Å². The summed E-state index contributed by atoms with van der Waals surface area (Å²) in [5.74, 6) is 0.535. The maximum Gasteiger partial charge on any atom is 0.272 e. The first-order valence-corrected chi connectivity index (χ1v) is 7.55. The Morgan fingerprint density at radius 3 is 3.25 bits per heavy atom. The van der Waals surface area contributed by atoms with Crippen molar-refractivity contribution in [3.63, 3.8) is 0 Å². The van der Waals surface area contributed by atoms with Crippen molar-refractivity contribution in [2.45, 2.75) is 26.3 Å². The van der Waals surface area contributed by atoms with E-state index in [-0.39, 0.29) is 5.91 Å². The fourth-order valence-corrected chi connectivity index (χ4v) is 3.10. The van der Waals surface area contributed by atoms with Crippen LogP contribution in [0, 0.1) is 5.92 Å². The van der Waals surface area contributed by atoms with E-state index < -0.39 is 0 Å². The molecule has 3 rings (SSSR count). The van der Waals surface area contributed by atoms with E-state index >= 15 is 0 Å². The Kier molecular flexibility index (Phi) is 4.03. The Morgan fingerprint density at radius 1 is 1.55 bits per heavy atom. The van der Waals surface area contributed by atoms with Crippen molar-refractivity contribution in [1.29, 1.82) is 0 Å². The minimum atomic E-state index is -0.0406. The summed E-state index contributed by atoms with van der Waals surface area (Å²) in [6.45, 7) is 7.97. The summed E-state index contributed by atoms with van der Waals surface area (Å²) in [7, 11) is 0. The lowest BCUT2D eigenvalue weighted by Crippen LogP contribution is -2.32. The number of aromatic amines is 1. The predicted molar refractivity (Wildman–Crippen MR) is 76.6 cm³/mol. The van der Waals surface area contributed by atoms with Gasteiger partial charge in [-0.05, 0) is 25.4 Å². The molecule has 0 aromatic carbocycles. The summed E-state index contributed by atoms with van der Waals surface area (Å²) in [6, 6.07) is 0. The molecule has 1 unspecified atom stereocenters. The van der Waals surface area contributed by atoms with Gasteiger partial charge in [-0.25, -0.2) is 0 Å². The first-order chi connectivity index (χ1) is 9.78. The van der Waals surface area contributed by atoms with Gasteiger partial charge in [-0.2, -0.15) is 5.10 Å². The number of rotatable bonds is 4. The van der Waals surface area contributed by atoms with Crippen molar-refractivity contribution >= 4 is 5.91 Å². The van der Waals surface area contributed by atoms with Gasteiger partial charge in [-0.1, -0.05) is 6.92 Å². The van der Waals surface area contributed by atoms with Crippen molar-refractivity contribution in [2.75, 3.05) is 32.7 Å². The molecule has 0 saturated carbocycles. The maximum absolute atomic E-state index is 12.3. The van der Waals surface area contributed by atoms with E-state index in [2.05, 4.69) is 32.7 Å². The third-order valence-electron chi connectivity index (χ3n) is 4.39. The highest BCUT2D eigenvalue weighted by molar-refractivity contribution is 5.94. The topological polar surface area (TPSA) is 73.0 Å². The Labute approximate surface area is 119 Å². The predicted octanol–water partition coefficient (Wildman–Crippen LogP) is 0.127. The number of hydrogen-bond donors (Lipinski definition) is 3. The Morgan fingerprint density at radius 2 is 2.45 bits per heavy atom. The largest absolute Gasteiger partial charge is 0.350 e. The van der Waals surface area contributed by atoms with Gasteiger partial charge in [-0.15, -0.1) is 0 Å². The Bertz CT molecular complexity index is 484. The van der Waals surface area contributed by atoms with E-state index in [0.29, 0.717) is 11.6 Å². The molecule has 0 spiro atoms. The van der Waals surface area contributed by atoms with Crippen LogP contribution in [-0.4, -0.2) is 53.7 Å². The molecule has 3 N–H and O–H groups in total. The quantitative estimate of drug-likeness (QED) is 0.731. The lowest BCUT2D eigenvalue weighted by molar-refractivity contribution is 0.0941. The number of aromatic nitrogens is 2. The average Bonchev–Trinajstić information content (AvgIpc) is 3.11. The minimum absolute atomic E-state index is 0.0406. The molecule has 0 aliphatic carbocycles. The summed E-state index contributed by atoms with van der Waals surface area (Å²) < 4.78 is 0. The first-order valence-electron chi connectivity index (χ1n) is 7.55. The lowest BCUT2D eigenvalue weighted by Gasteiger charge is -2.15. The molecule has 1 aromatic heterocycles. The molecular weight excluding hydrogens is 254 g/mol. The number of nitrogens with one attached hydrogen (secondary N) is 3. The minimum Gasteiger partial charge on any atom is -0.350 e. The summed E-state index contributed by atoms with van der Waals surface area (Å²) in [5, 5.41) is 13.5. The normalized spacial score (nSPS) is 22.8. The van der Waals surface area contributed by atoms with Crippen LogP contribution in [0.15, 0.2) is 0 Å². The number of hydrogen-bond acceptors (Lipinski definition) is 4. The van der Waals surface area contributed by atoms with Gasteiger partial charge in [0.05, 0.1) is 0 Å². The van der Waals surface area contributed by atoms with Crippen LogP contribution in [0.25, 0.3) is 0 Å². The molecule has 2 aliphatic heterocycles. The van der Waals surface area contributed by atoms with Gasteiger partial charge in [0.25, 0.3) is 5.91 Å². The number of H-pyrrole nitrogens is 1. The number of amides is 1. The summed E-state index contributed by atoms with van der Waals surface area (Å²) >= 11 is 0. The lowest BCUT2D eigenvalue weighted by atomic mass is 10.1. The van der Waals surface area contributed by atoms with Crippen LogP contribution >= 0.6 is 0 Å². The number of carbonyl (C=O) groups is 1. The van der Waals surface area contributed by atoms with Crippen molar-refractivity contribution < 1.29 is 4.79 Å². The maximum atomic E-state index is 12.3. The molecule has 110 valence electrons. The molecule has 1 fully saturated rings. The highest BCUT2D eigenvalue weighted by Crippen LogP contribution is 2.17. The van der Waals surface area contributed by atoms with Crippen LogP contribution < -0.4 is 10.6 Å². The fourth-order valence-electron chi connectivity index (χ4n) is 3.10. The third kappa shape index (κ3) is 2.71. The van der Waals surface area contributed by atoms with Gasteiger partial charge in [0.1, 0.15) is 0 Å². The molecular formula is C14H23N5O. The number of carbonyl (C=O) groups excluding carboxylic acids is 1. The zero-order valence-electron chi connectivity index (χ0n) is 12.0. The fraction of sp³-hybridized carbons (Fsp3) is 0.714. The molecule has 0 radical (unpaired) electrons. The van der Waals surface area contributed by atoms with Gasteiger partial charge >= 0.3 is 0 Å². The highest BCUT2D eigenvalue weighted by Gasteiger charge is 2.24. The van der Waals surface area contributed by atoms with Crippen molar-refractivity contribution in [2.24, 2.45) is 5.92 Å². The molecule has 0 bridgehead atoms. The molecule has 1 aromatic rings. The standard InChI is InChI=1S/C14H23N5O/c1-2-19-6-4-10(9-19)7-16-14(20)13-11-8-15-5-3-12(11)17-18-13/h10,15H,2-9H2,1H3,(H,16,20)(H,17,18). The molecule has 2 aliphatic rings. The van der Waals surface area contributed by atoms with E-state index in [4.69, 9.17) is 0 Å². The van der Waals surface area contributed by atoms with Crippen molar-refractivity contribution in [1.82, 2.24) is 25.7 Å². The van der Waals surface area contributed by atoms with Crippen LogP contribution in [0.2, 0.25) is 0 Å². The second-order valence-corrected chi connectivity index (χ2v) is 5.71. The first kappa shape index (κ1) is 13.6. The second kappa shape index (κ2) is 5.93. The average molecular weight is 277 g/mol. The summed E-state index contributed by atoms with van der Waals surface area (Å²) in [4.78, 5) is 14.7. The zero-order chi connectivity index (χ0) is 13.9. The van der Waals surface area contributed by atoms with Gasteiger partial charge in [0, 0.05) is 43.9 Å². The SMILES string of the molecule is CCN1CCC(CNC(=O)c2n[nH]c3c2CNCC3)C1. The molecule has 6 heteroatoms. The summed E-state index contributed by atoms with van der Waals surface area (Å²) in [5.41, 5.74) is 2.71. The molecule has 3 heterocycles. The van der Waals surface area contributed by atoms with Gasteiger partial charge in [0.2, 0.25) is 0 Å². The number of fused-ring (bicyclic) bond motifs is 1. The van der Waals surface area contributed by atoms with E-state index in [1.54, 1.807) is 0 Å². The second-order valence-electron chi connectivity index (χ2n) is 5.71. The third-order valence-corrected chi connectivity index (χ3v) is 4.39. The van der Waals surface area contributed by atoms with E-state index in [9.17, 15) is 4.79 Å². The number of likely N-dealkylation sites (tertiary alicyclic amines) is 1. The summed E-state index contributed by atoms with van der Waals surface area (Å²) in [6.07, 6.45) is 2.10. The molecule has 20 heavy (non-hydrogen) atoms. The number of nitrogens with zero attached hydrogens (tertiary/aromatic N) is 2. The van der Waals surface area contributed by atoms with E-state index in [1.165, 1.54) is 6.42 Å². The van der Waals surface area contributed by atoms with Crippen molar-refractivity contribution in [3.05, 3.63) is 17.0 Å².